The molecule has 0 radical (unpaired) electrons. The van der Waals surface area contributed by atoms with E-state index in [0.29, 0.717) is 36.8 Å². The van der Waals surface area contributed by atoms with Gasteiger partial charge in [-0.2, -0.15) is 0 Å². The Bertz CT molecular complexity index is 1910. The second-order valence-electron chi connectivity index (χ2n) is 18.6. The molecule has 15 nitrogen and oxygen atoms in total. The van der Waals surface area contributed by atoms with Crippen LogP contribution in [0, 0.1) is 17.8 Å². The Morgan fingerprint density at radius 3 is 2.35 bits per heavy atom. The summed E-state index contributed by atoms with van der Waals surface area (Å²) in [5, 5.41) is 34.2. The van der Waals surface area contributed by atoms with E-state index >= 15 is 0 Å². The fraction of sp³-hybridized carbons (Fsp3) is 0.688. The van der Waals surface area contributed by atoms with Crippen molar-refractivity contribution in [2.75, 3.05) is 20.8 Å². The van der Waals surface area contributed by atoms with Crippen LogP contribution in [0.5, 0.6) is 0 Å². The lowest BCUT2D eigenvalue weighted by Gasteiger charge is -2.47. The number of methoxy groups -OCH3 is 2. The molecule has 0 amide bonds. The van der Waals surface area contributed by atoms with Crippen LogP contribution >= 0.6 is 0 Å². The van der Waals surface area contributed by atoms with Crippen LogP contribution in [-0.4, -0.2) is 133 Å². The minimum Gasteiger partial charge on any atom is -0.472 e. The van der Waals surface area contributed by atoms with Gasteiger partial charge in [0.1, 0.15) is 42.0 Å². The van der Waals surface area contributed by atoms with E-state index < -0.39 is 103 Å². The minimum absolute atomic E-state index is 0.0162. The predicted octanol–water partition coefficient (Wildman–Crippen LogP) is 5.30. The first-order valence-corrected chi connectivity index (χ1v) is 22.5. The van der Waals surface area contributed by atoms with Crippen LogP contribution in [0.1, 0.15) is 85.3 Å². The highest BCUT2D eigenvalue weighted by Crippen LogP contribution is 2.48. The zero-order chi connectivity index (χ0) is 44.8. The molecule has 63 heavy (non-hydrogen) atoms. The maximum Gasteiger partial charge on any atom is 0.316 e. The monoisotopic (exact) mass is 882 g/mol. The van der Waals surface area contributed by atoms with Gasteiger partial charge in [0, 0.05) is 57.3 Å². The molecule has 348 valence electrons. The lowest BCUT2D eigenvalue weighted by molar-refractivity contribution is -0.318. The number of rotatable bonds is 7. The van der Waals surface area contributed by atoms with E-state index in [4.69, 9.17) is 51.8 Å². The van der Waals surface area contributed by atoms with Crippen molar-refractivity contribution < 1.29 is 71.9 Å². The lowest BCUT2D eigenvalue weighted by atomic mass is 9.71. The van der Waals surface area contributed by atoms with E-state index in [1.165, 1.54) is 0 Å². The molecule has 0 saturated carbocycles. The molecule has 2 bridgehead atoms. The van der Waals surface area contributed by atoms with Crippen LogP contribution in [0.25, 0.3) is 0 Å². The van der Waals surface area contributed by atoms with Gasteiger partial charge in [-0.05, 0) is 63.0 Å². The first-order valence-electron chi connectivity index (χ1n) is 22.5. The maximum absolute atomic E-state index is 14.4. The third-order valence-corrected chi connectivity index (χ3v) is 14.1. The summed E-state index contributed by atoms with van der Waals surface area (Å²) < 4.78 is 69.0. The van der Waals surface area contributed by atoms with Crippen LogP contribution in [0.3, 0.4) is 0 Å². The number of aliphatic hydroxyl groups excluding tert-OH is 2. The molecule has 1 spiro atoms. The highest BCUT2D eigenvalue weighted by molar-refractivity contribution is 5.78. The predicted molar refractivity (Wildman–Crippen MR) is 226 cm³/mol. The van der Waals surface area contributed by atoms with Crippen LogP contribution < -0.4 is 0 Å². The summed E-state index contributed by atoms with van der Waals surface area (Å²) in [5.41, 5.74) is 0.925. The van der Waals surface area contributed by atoms with Gasteiger partial charge in [-0.3, -0.25) is 4.79 Å². The Kier molecular flexibility index (Phi) is 14.1. The Morgan fingerprint density at radius 1 is 0.857 bits per heavy atom. The molecule has 4 saturated heterocycles. The third kappa shape index (κ3) is 9.36. The van der Waals surface area contributed by atoms with Crippen molar-refractivity contribution in [1.82, 2.24) is 0 Å². The summed E-state index contributed by atoms with van der Waals surface area (Å²) in [4.78, 5) is 14.4. The summed E-state index contributed by atoms with van der Waals surface area (Å²) in [6.07, 6.45) is 9.99. The van der Waals surface area contributed by atoms with Crippen molar-refractivity contribution in [3.05, 3.63) is 83.4 Å². The fourth-order valence-electron chi connectivity index (χ4n) is 10.5. The van der Waals surface area contributed by atoms with Crippen LogP contribution in [0.2, 0.25) is 0 Å². The van der Waals surface area contributed by atoms with Crippen LogP contribution in [-0.2, 0) is 52.2 Å². The SMILES string of the molecule is CO[C@H]1C[C@H](O[C@H]2[C@H](C)O[C@@H](O[C@@H]3/C(C)=C\C[C@@H]4C[C@@H](C[C@]5(C=C[C@H](C)C(c6ccoc6)O5)O4)OC(=O)[C@@H]4C=C(C)[C@@H](O)[C@H]5OCC(=C/C=C\[C@@H]3C)[C@]54O)C[C@@H]2OC)O[C@@H](C)[C@@H]1O. The van der Waals surface area contributed by atoms with Crippen molar-refractivity contribution in [3.63, 3.8) is 0 Å². The molecule has 8 rings (SSSR count). The zero-order valence-corrected chi connectivity index (χ0v) is 37.6. The molecule has 4 fully saturated rings. The average molecular weight is 883 g/mol. The Hall–Kier alpha value is -3.03. The van der Waals surface area contributed by atoms with Gasteiger partial charge in [-0.25, -0.2) is 0 Å². The van der Waals surface area contributed by atoms with Gasteiger partial charge in [-0.15, -0.1) is 0 Å². The molecule has 15 heteroatoms. The van der Waals surface area contributed by atoms with Gasteiger partial charge < -0.3 is 67.1 Å². The Balaban J connectivity index is 1.09. The highest BCUT2D eigenvalue weighted by Gasteiger charge is 2.60. The van der Waals surface area contributed by atoms with Gasteiger partial charge in [0.25, 0.3) is 0 Å². The molecule has 19 atom stereocenters. The molecular weight excluding hydrogens is 817 g/mol. The molecular formula is C48H66O15. The Morgan fingerprint density at radius 2 is 1.60 bits per heavy atom. The number of carbonyl (C=O) groups is 1. The van der Waals surface area contributed by atoms with Gasteiger partial charge in [-0.1, -0.05) is 50.3 Å². The number of furan rings is 1. The molecule has 1 unspecified atom stereocenters. The summed E-state index contributed by atoms with van der Waals surface area (Å²) >= 11 is 0. The quantitative estimate of drug-likeness (QED) is 0.237. The van der Waals surface area contributed by atoms with Crippen molar-refractivity contribution in [2.24, 2.45) is 17.8 Å². The second kappa shape index (κ2) is 19.1. The van der Waals surface area contributed by atoms with Crippen LogP contribution in [0.15, 0.2) is 82.3 Å². The summed E-state index contributed by atoms with van der Waals surface area (Å²) in [6, 6.07) is 1.88. The van der Waals surface area contributed by atoms with Crippen molar-refractivity contribution in [2.45, 2.75) is 171 Å². The summed E-state index contributed by atoms with van der Waals surface area (Å²) in [6.45, 7) is 11.6. The molecule has 1 aromatic rings. The Labute approximate surface area is 369 Å². The molecule has 6 aliphatic heterocycles. The fourth-order valence-corrected chi connectivity index (χ4v) is 10.5. The van der Waals surface area contributed by atoms with Crippen molar-refractivity contribution in [1.29, 1.82) is 0 Å². The zero-order valence-electron chi connectivity index (χ0n) is 37.6. The minimum atomic E-state index is -1.86. The van der Waals surface area contributed by atoms with Gasteiger partial charge in [0.15, 0.2) is 18.4 Å². The third-order valence-electron chi connectivity index (χ3n) is 14.1. The smallest absolute Gasteiger partial charge is 0.316 e. The van der Waals surface area contributed by atoms with E-state index in [2.05, 4.69) is 19.1 Å². The number of fused-ring (bicyclic) bond motifs is 2. The van der Waals surface area contributed by atoms with Crippen molar-refractivity contribution >= 4 is 5.97 Å². The average Bonchev–Trinajstić information content (AvgIpc) is 3.91. The number of hydrogen-bond acceptors (Lipinski definition) is 15. The number of esters is 1. The van der Waals surface area contributed by atoms with E-state index in [1.54, 1.807) is 52.7 Å². The van der Waals surface area contributed by atoms with Gasteiger partial charge in [0.05, 0.1) is 61.9 Å². The molecule has 7 heterocycles. The van der Waals surface area contributed by atoms with Gasteiger partial charge in [0.2, 0.25) is 0 Å². The first-order chi connectivity index (χ1) is 30.1. The second-order valence-corrected chi connectivity index (χ2v) is 18.6. The highest BCUT2D eigenvalue weighted by atomic mass is 16.7. The number of hydrogen-bond donors (Lipinski definition) is 3. The largest absolute Gasteiger partial charge is 0.472 e. The number of allylic oxidation sites excluding steroid dienone is 2. The normalized spacial score (nSPS) is 47.2. The van der Waals surface area contributed by atoms with E-state index in [9.17, 15) is 20.1 Å². The number of carbonyl (C=O) groups excluding carboxylic acids is 1. The molecule has 1 aromatic heterocycles. The lowest BCUT2D eigenvalue weighted by Crippen LogP contribution is -2.58. The number of ether oxygens (including phenoxy) is 10. The molecule has 7 aliphatic rings. The van der Waals surface area contributed by atoms with Crippen molar-refractivity contribution in [3.8, 4) is 0 Å². The first kappa shape index (κ1) is 46.5. The van der Waals surface area contributed by atoms with E-state index in [0.717, 1.165) is 11.1 Å². The summed E-state index contributed by atoms with van der Waals surface area (Å²) in [5.74, 6) is -3.16. The topological polar surface area (TPSA) is 183 Å². The number of aliphatic hydroxyl groups is 3. The van der Waals surface area contributed by atoms with Gasteiger partial charge >= 0.3 is 5.97 Å². The summed E-state index contributed by atoms with van der Waals surface area (Å²) in [7, 11) is 3.21. The maximum atomic E-state index is 14.4. The van der Waals surface area contributed by atoms with E-state index in [-0.39, 0.29) is 31.0 Å². The molecule has 1 aliphatic carbocycles. The molecule has 0 aromatic carbocycles. The van der Waals surface area contributed by atoms with Crippen LogP contribution in [0.4, 0.5) is 0 Å². The molecule has 3 N–H and O–H groups in total. The standard InChI is InChI=1S/C48H66O15/c1-25-10-9-11-32-24-56-45-40(49)28(4)18-35(48(32,45)52)46(51)59-34-19-33(62-47(22-34)16-14-27(3)43(63-47)31-15-17-55-23-31)13-12-26(2)42(25)60-39-21-37(54-8)44(30(6)58-39)61-38-20-36(53-7)41(50)29(5)57-38/h9-12,14-18,23,25,27,29-30,33-45,49-50,52H,13,19-22,24H2,1-8H3/b10-9-,26-12-,32-11?/t25-,27-,29-,30-,33+,34-,35-,36-,37-,38-,39-,40+,41-,42-,43?,44-,45+,47+,48+/m0/s1. The van der Waals surface area contributed by atoms with E-state index in [1.807, 2.05) is 45.1 Å².